The molecule has 0 aliphatic heterocycles. The van der Waals surface area contributed by atoms with Crippen LogP contribution in [0.5, 0.6) is 5.75 Å². The van der Waals surface area contributed by atoms with Crippen LogP contribution in [0.25, 0.3) is 0 Å². The number of carbonyl (C=O) groups is 1. The summed E-state index contributed by atoms with van der Waals surface area (Å²) >= 11 is 0. The van der Waals surface area contributed by atoms with Crippen LogP contribution in [0.1, 0.15) is 23.2 Å². The van der Waals surface area contributed by atoms with Gasteiger partial charge in [-0.25, -0.2) is 0 Å². The molecule has 6 heteroatoms. The number of amides is 1. The van der Waals surface area contributed by atoms with E-state index >= 15 is 0 Å². The third-order valence-corrected chi connectivity index (χ3v) is 3.13. The standard InChI is InChI=1S/C17H25N3O3/c1-3-4-11-23-12-10-19-8-5-9-20-17(21)14-6-7-15(18)16(13-14)22-2/h1,6-7,13,19H,4-5,8-12,18H2,2H3,(H,20,21). The van der Waals surface area contributed by atoms with Gasteiger partial charge in [0, 0.05) is 25.1 Å². The van der Waals surface area contributed by atoms with Gasteiger partial charge in [0.2, 0.25) is 0 Å². The second-order valence-electron chi connectivity index (χ2n) is 4.88. The van der Waals surface area contributed by atoms with Gasteiger partial charge in [-0.05, 0) is 31.2 Å². The van der Waals surface area contributed by atoms with Crippen molar-refractivity contribution in [2.45, 2.75) is 12.8 Å². The highest BCUT2D eigenvalue weighted by Gasteiger charge is 2.08. The molecule has 6 nitrogen and oxygen atoms in total. The third kappa shape index (κ3) is 7.54. The number of methoxy groups -OCH3 is 1. The number of terminal acetylenes is 1. The predicted molar refractivity (Wildman–Crippen MR) is 91.5 cm³/mol. The zero-order chi connectivity index (χ0) is 16.9. The van der Waals surface area contributed by atoms with Crippen LogP contribution in [0.3, 0.4) is 0 Å². The molecule has 0 spiro atoms. The third-order valence-electron chi connectivity index (χ3n) is 3.13. The average Bonchev–Trinajstić information content (AvgIpc) is 2.56. The molecule has 0 aliphatic carbocycles. The first-order chi connectivity index (χ1) is 11.2. The molecule has 0 radical (unpaired) electrons. The second-order valence-corrected chi connectivity index (χ2v) is 4.88. The summed E-state index contributed by atoms with van der Waals surface area (Å²) in [5.41, 5.74) is 6.77. The minimum absolute atomic E-state index is 0.138. The summed E-state index contributed by atoms with van der Waals surface area (Å²) in [7, 11) is 1.52. The van der Waals surface area contributed by atoms with Gasteiger partial charge in [0.05, 0.1) is 26.0 Å². The van der Waals surface area contributed by atoms with Gasteiger partial charge >= 0.3 is 0 Å². The van der Waals surface area contributed by atoms with Gasteiger partial charge in [-0.2, -0.15) is 0 Å². The Morgan fingerprint density at radius 3 is 2.87 bits per heavy atom. The second kappa shape index (κ2) is 11.4. The molecule has 1 rings (SSSR count). The number of nitrogens with two attached hydrogens (primary N) is 1. The van der Waals surface area contributed by atoms with E-state index < -0.39 is 0 Å². The van der Waals surface area contributed by atoms with Crippen molar-refractivity contribution < 1.29 is 14.3 Å². The largest absolute Gasteiger partial charge is 0.495 e. The smallest absolute Gasteiger partial charge is 0.251 e. The summed E-state index contributed by atoms with van der Waals surface area (Å²) in [6, 6.07) is 4.98. The van der Waals surface area contributed by atoms with E-state index in [1.807, 2.05) is 0 Å². The van der Waals surface area contributed by atoms with Crippen LogP contribution in [-0.4, -0.2) is 45.9 Å². The maximum Gasteiger partial charge on any atom is 0.251 e. The number of hydrogen-bond acceptors (Lipinski definition) is 5. The molecule has 1 aromatic rings. The van der Waals surface area contributed by atoms with Gasteiger partial charge in [0.1, 0.15) is 5.75 Å². The highest BCUT2D eigenvalue weighted by molar-refractivity contribution is 5.95. The molecule has 0 saturated heterocycles. The number of anilines is 1. The Morgan fingerprint density at radius 2 is 2.13 bits per heavy atom. The number of hydrogen-bond donors (Lipinski definition) is 3. The van der Waals surface area contributed by atoms with Crippen LogP contribution in [0, 0.1) is 12.3 Å². The van der Waals surface area contributed by atoms with Crippen molar-refractivity contribution in [1.29, 1.82) is 0 Å². The van der Waals surface area contributed by atoms with Crippen molar-refractivity contribution in [3.8, 4) is 18.1 Å². The van der Waals surface area contributed by atoms with Crippen LogP contribution >= 0.6 is 0 Å². The number of rotatable bonds is 11. The van der Waals surface area contributed by atoms with E-state index in [4.69, 9.17) is 21.6 Å². The molecule has 0 atom stereocenters. The molecular weight excluding hydrogens is 294 g/mol. The Kier molecular flexibility index (Phi) is 9.29. The SMILES string of the molecule is C#CCCOCCNCCCNC(=O)c1ccc(N)c(OC)c1. The molecular formula is C17H25N3O3. The molecule has 0 fully saturated rings. The van der Waals surface area contributed by atoms with E-state index in [9.17, 15) is 4.79 Å². The fourth-order valence-electron chi connectivity index (χ4n) is 1.87. The van der Waals surface area contributed by atoms with Crippen LogP contribution < -0.4 is 21.1 Å². The highest BCUT2D eigenvalue weighted by Crippen LogP contribution is 2.21. The highest BCUT2D eigenvalue weighted by atomic mass is 16.5. The van der Waals surface area contributed by atoms with E-state index in [1.165, 1.54) is 7.11 Å². The number of benzene rings is 1. The van der Waals surface area contributed by atoms with Gasteiger partial charge in [-0.15, -0.1) is 12.3 Å². The summed E-state index contributed by atoms with van der Waals surface area (Å²) in [5, 5.41) is 6.10. The molecule has 0 saturated carbocycles. The molecule has 126 valence electrons. The Balaban J connectivity index is 2.12. The van der Waals surface area contributed by atoms with Crippen molar-refractivity contribution in [2.24, 2.45) is 0 Å². The molecule has 1 aromatic carbocycles. The summed E-state index contributed by atoms with van der Waals surface area (Å²) in [4.78, 5) is 12.0. The maximum absolute atomic E-state index is 12.0. The van der Waals surface area contributed by atoms with E-state index in [0.717, 1.165) is 19.5 Å². The topological polar surface area (TPSA) is 85.6 Å². The fourth-order valence-corrected chi connectivity index (χ4v) is 1.87. The normalized spacial score (nSPS) is 10.1. The summed E-state index contributed by atoms with van der Waals surface area (Å²) in [6.07, 6.45) is 6.60. The van der Waals surface area contributed by atoms with Gasteiger partial charge in [-0.3, -0.25) is 4.79 Å². The lowest BCUT2D eigenvalue weighted by Gasteiger charge is -2.09. The van der Waals surface area contributed by atoms with Crippen molar-refractivity contribution in [3.05, 3.63) is 23.8 Å². The Labute approximate surface area is 137 Å². The van der Waals surface area contributed by atoms with Crippen LogP contribution in [0.2, 0.25) is 0 Å². The molecule has 0 aliphatic rings. The number of ether oxygens (including phenoxy) is 2. The van der Waals surface area contributed by atoms with Crippen LogP contribution in [0.4, 0.5) is 5.69 Å². The average molecular weight is 319 g/mol. The molecule has 4 N–H and O–H groups in total. The van der Waals surface area contributed by atoms with E-state index in [0.29, 0.717) is 43.2 Å². The van der Waals surface area contributed by atoms with Gasteiger partial charge in [-0.1, -0.05) is 0 Å². The molecule has 23 heavy (non-hydrogen) atoms. The van der Waals surface area contributed by atoms with Crippen LogP contribution in [-0.2, 0) is 4.74 Å². The first kappa shape index (κ1) is 18.8. The van der Waals surface area contributed by atoms with Gasteiger partial charge in [0.15, 0.2) is 0 Å². The first-order valence-electron chi connectivity index (χ1n) is 7.62. The number of carbonyl (C=O) groups excluding carboxylic acids is 1. The van der Waals surface area contributed by atoms with Crippen molar-refractivity contribution in [2.75, 3.05) is 45.7 Å². The first-order valence-corrected chi connectivity index (χ1v) is 7.62. The molecule has 0 unspecified atom stereocenters. The quantitative estimate of drug-likeness (QED) is 0.322. The Hall–Kier alpha value is -2.23. The van der Waals surface area contributed by atoms with E-state index in [2.05, 4.69) is 16.6 Å². The van der Waals surface area contributed by atoms with Crippen molar-refractivity contribution in [3.63, 3.8) is 0 Å². The van der Waals surface area contributed by atoms with Gasteiger partial charge < -0.3 is 25.8 Å². The fraction of sp³-hybridized carbons (Fsp3) is 0.471. The lowest BCUT2D eigenvalue weighted by Crippen LogP contribution is -2.28. The lowest BCUT2D eigenvalue weighted by atomic mass is 10.1. The summed E-state index contributed by atoms with van der Waals surface area (Å²) in [6.45, 7) is 3.41. The lowest BCUT2D eigenvalue weighted by molar-refractivity contribution is 0.0952. The monoisotopic (exact) mass is 319 g/mol. The number of nitrogen functional groups attached to an aromatic ring is 1. The Bertz CT molecular complexity index is 526. The maximum atomic E-state index is 12.0. The number of nitrogens with one attached hydrogen (secondary N) is 2. The van der Waals surface area contributed by atoms with E-state index in [1.54, 1.807) is 18.2 Å². The van der Waals surface area contributed by atoms with Gasteiger partial charge in [0.25, 0.3) is 5.91 Å². The zero-order valence-corrected chi connectivity index (χ0v) is 13.6. The summed E-state index contributed by atoms with van der Waals surface area (Å²) < 4.78 is 10.4. The molecule has 0 bridgehead atoms. The van der Waals surface area contributed by atoms with Crippen molar-refractivity contribution >= 4 is 11.6 Å². The molecule has 0 heterocycles. The van der Waals surface area contributed by atoms with Crippen LogP contribution in [0.15, 0.2) is 18.2 Å². The Morgan fingerprint density at radius 1 is 1.30 bits per heavy atom. The minimum atomic E-state index is -0.138. The minimum Gasteiger partial charge on any atom is -0.495 e. The zero-order valence-electron chi connectivity index (χ0n) is 13.6. The van der Waals surface area contributed by atoms with E-state index in [-0.39, 0.29) is 5.91 Å². The predicted octanol–water partition coefficient (Wildman–Crippen LogP) is 1.03. The molecule has 1 amide bonds. The van der Waals surface area contributed by atoms with Crippen molar-refractivity contribution in [1.82, 2.24) is 10.6 Å². The summed E-state index contributed by atoms with van der Waals surface area (Å²) in [5.74, 6) is 2.89. The molecule has 0 aromatic heterocycles.